The van der Waals surface area contributed by atoms with E-state index in [-0.39, 0.29) is 23.6 Å². The number of thiophene rings is 1. The Morgan fingerprint density at radius 1 is 1.07 bits per heavy atom. The molecule has 2 aromatic heterocycles. The summed E-state index contributed by atoms with van der Waals surface area (Å²) < 4.78 is 0. The Hall–Kier alpha value is -2.74. The monoisotopic (exact) mass is 398 g/mol. The summed E-state index contributed by atoms with van der Waals surface area (Å²) in [5, 5.41) is 1.87. The molecule has 2 aliphatic heterocycles. The van der Waals surface area contributed by atoms with Gasteiger partial charge in [-0.25, -0.2) is 0 Å². The maximum absolute atomic E-state index is 13.2. The number of hydrogen-bond donors (Lipinski definition) is 0. The molecule has 0 spiro atoms. The predicted molar refractivity (Wildman–Crippen MR) is 105 cm³/mol. The number of carbonyl (C=O) groups excluding carboxylic acids is 3. The zero-order valence-corrected chi connectivity index (χ0v) is 16.7. The molecule has 0 radical (unpaired) electrons. The number of fused-ring (bicyclic) bond motifs is 1. The van der Waals surface area contributed by atoms with Crippen LogP contribution in [0.25, 0.3) is 0 Å². The van der Waals surface area contributed by atoms with Crippen molar-refractivity contribution < 1.29 is 14.4 Å². The van der Waals surface area contributed by atoms with Gasteiger partial charge in [0.2, 0.25) is 5.91 Å². The fourth-order valence-corrected chi connectivity index (χ4v) is 5.05. The van der Waals surface area contributed by atoms with Crippen LogP contribution in [0.15, 0.2) is 42.0 Å². The minimum absolute atomic E-state index is 0.0241. The number of aromatic nitrogens is 1. The SMILES string of the molecule is CN(C)C(=O)[C@]12CN(C(=O)c3ccncc3)C[C@H]1CN(C(=O)c1cccs1)C2. The lowest BCUT2D eigenvalue weighted by Crippen LogP contribution is -2.48. The minimum Gasteiger partial charge on any atom is -0.348 e. The highest BCUT2D eigenvalue weighted by atomic mass is 32.1. The quantitative estimate of drug-likeness (QED) is 0.784. The van der Waals surface area contributed by atoms with Gasteiger partial charge < -0.3 is 14.7 Å². The van der Waals surface area contributed by atoms with Crippen molar-refractivity contribution in [2.24, 2.45) is 11.3 Å². The Morgan fingerprint density at radius 2 is 1.71 bits per heavy atom. The van der Waals surface area contributed by atoms with E-state index in [1.165, 1.54) is 11.3 Å². The Kier molecular flexibility index (Phi) is 4.66. The maximum atomic E-state index is 13.2. The normalized spacial score (nSPS) is 23.6. The summed E-state index contributed by atoms with van der Waals surface area (Å²) >= 11 is 1.41. The van der Waals surface area contributed by atoms with Crippen molar-refractivity contribution in [1.82, 2.24) is 19.7 Å². The van der Waals surface area contributed by atoms with Crippen molar-refractivity contribution in [3.05, 3.63) is 52.5 Å². The number of nitrogens with zero attached hydrogens (tertiary/aromatic N) is 4. The largest absolute Gasteiger partial charge is 0.348 e. The van der Waals surface area contributed by atoms with Crippen molar-refractivity contribution in [2.45, 2.75) is 0 Å². The van der Waals surface area contributed by atoms with Gasteiger partial charge in [0.1, 0.15) is 0 Å². The maximum Gasteiger partial charge on any atom is 0.263 e. The molecular weight excluding hydrogens is 376 g/mol. The van der Waals surface area contributed by atoms with Gasteiger partial charge in [0.05, 0.1) is 10.3 Å². The van der Waals surface area contributed by atoms with E-state index in [4.69, 9.17) is 0 Å². The van der Waals surface area contributed by atoms with Crippen molar-refractivity contribution in [3.8, 4) is 0 Å². The zero-order chi connectivity index (χ0) is 19.9. The van der Waals surface area contributed by atoms with Crippen LogP contribution in [0.3, 0.4) is 0 Å². The van der Waals surface area contributed by atoms with E-state index < -0.39 is 5.41 Å². The van der Waals surface area contributed by atoms with Crippen LogP contribution in [-0.4, -0.2) is 77.7 Å². The molecule has 8 heteroatoms. The van der Waals surface area contributed by atoms with Gasteiger partial charge in [-0.2, -0.15) is 0 Å². The van der Waals surface area contributed by atoms with Crippen LogP contribution < -0.4 is 0 Å². The standard InChI is InChI=1S/C20H22N4O3S/c1-22(2)19(27)20-12-23(17(25)14-5-7-21-8-6-14)10-15(20)11-24(13-20)18(26)16-4-3-9-28-16/h3-9,15H,10-13H2,1-2H3/t15-,20-/m0/s1. The molecule has 0 saturated carbocycles. The molecule has 4 heterocycles. The summed E-state index contributed by atoms with van der Waals surface area (Å²) in [4.78, 5) is 48.6. The second-order valence-electron chi connectivity index (χ2n) is 7.64. The number of likely N-dealkylation sites (tertiary alicyclic amines) is 2. The van der Waals surface area contributed by atoms with Gasteiger partial charge in [0.25, 0.3) is 11.8 Å². The third-order valence-electron chi connectivity index (χ3n) is 5.67. The molecule has 28 heavy (non-hydrogen) atoms. The Bertz CT molecular complexity index is 899. The molecule has 0 bridgehead atoms. The number of carbonyl (C=O) groups is 3. The summed E-state index contributed by atoms with van der Waals surface area (Å²) in [6.45, 7) is 1.61. The summed E-state index contributed by atoms with van der Waals surface area (Å²) in [5.74, 6) is -0.234. The van der Waals surface area contributed by atoms with Crippen molar-refractivity contribution in [2.75, 3.05) is 40.3 Å². The van der Waals surface area contributed by atoms with E-state index in [0.29, 0.717) is 36.6 Å². The van der Waals surface area contributed by atoms with Crippen LogP contribution in [0.4, 0.5) is 0 Å². The van der Waals surface area contributed by atoms with Gasteiger partial charge in [-0.15, -0.1) is 11.3 Å². The molecule has 7 nitrogen and oxygen atoms in total. The zero-order valence-electron chi connectivity index (χ0n) is 15.9. The van der Waals surface area contributed by atoms with E-state index in [0.717, 1.165) is 0 Å². The summed E-state index contributed by atoms with van der Waals surface area (Å²) in [5.41, 5.74) is -0.187. The molecule has 2 fully saturated rings. The molecule has 0 unspecified atom stereocenters. The molecule has 146 valence electrons. The molecule has 2 aromatic rings. The van der Waals surface area contributed by atoms with Gasteiger partial charge in [-0.3, -0.25) is 19.4 Å². The fourth-order valence-electron chi connectivity index (χ4n) is 4.36. The van der Waals surface area contributed by atoms with Crippen LogP contribution >= 0.6 is 11.3 Å². The van der Waals surface area contributed by atoms with Crippen molar-refractivity contribution >= 4 is 29.1 Å². The molecular formula is C20H22N4O3S. The first-order chi connectivity index (χ1) is 13.4. The van der Waals surface area contributed by atoms with E-state index >= 15 is 0 Å². The summed E-state index contributed by atoms with van der Waals surface area (Å²) in [6.07, 6.45) is 3.18. The number of pyridine rings is 1. The van der Waals surface area contributed by atoms with E-state index in [2.05, 4.69) is 4.98 Å². The molecule has 0 aliphatic carbocycles. The molecule has 0 aromatic carbocycles. The lowest BCUT2D eigenvalue weighted by Gasteiger charge is -2.30. The van der Waals surface area contributed by atoms with E-state index in [1.807, 2.05) is 11.4 Å². The molecule has 2 atom stereocenters. The second-order valence-corrected chi connectivity index (χ2v) is 8.58. The average Bonchev–Trinajstić information content (AvgIpc) is 3.41. The first-order valence-electron chi connectivity index (χ1n) is 9.16. The van der Waals surface area contributed by atoms with Crippen molar-refractivity contribution in [3.63, 3.8) is 0 Å². The average molecular weight is 398 g/mol. The topological polar surface area (TPSA) is 73.8 Å². The van der Waals surface area contributed by atoms with Crippen LogP contribution in [0.2, 0.25) is 0 Å². The first-order valence-corrected chi connectivity index (χ1v) is 10.0. The van der Waals surface area contributed by atoms with Gasteiger partial charge in [-0.1, -0.05) is 6.07 Å². The lowest BCUT2D eigenvalue weighted by molar-refractivity contribution is -0.139. The number of amides is 3. The second kappa shape index (κ2) is 7.01. The van der Waals surface area contributed by atoms with Gasteiger partial charge >= 0.3 is 0 Å². The molecule has 2 aliphatic rings. The van der Waals surface area contributed by atoms with Crippen molar-refractivity contribution in [1.29, 1.82) is 0 Å². The predicted octanol–water partition coefficient (Wildman–Crippen LogP) is 1.45. The highest BCUT2D eigenvalue weighted by molar-refractivity contribution is 7.12. The first kappa shape index (κ1) is 18.6. The summed E-state index contributed by atoms with van der Waals surface area (Å²) in [7, 11) is 3.45. The number of hydrogen-bond acceptors (Lipinski definition) is 5. The smallest absolute Gasteiger partial charge is 0.263 e. The van der Waals surface area contributed by atoms with Gasteiger partial charge in [0, 0.05) is 64.1 Å². The lowest BCUT2D eigenvalue weighted by atomic mass is 9.80. The Labute approximate surface area is 167 Å². The Morgan fingerprint density at radius 3 is 2.29 bits per heavy atom. The van der Waals surface area contributed by atoms with E-state index in [9.17, 15) is 14.4 Å². The third kappa shape index (κ3) is 2.97. The van der Waals surface area contributed by atoms with Gasteiger partial charge in [0.15, 0.2) is 0 Å². The van der Waals surface area contributed by atoms with Crippen LogP contribution in [0.1, 0.15) is 20.0 Å². The molecule has 3 amide bonds. The molecule has 4 rings (SSSR count). The van der Waals surface area contributed by atoms with Crippen LogP contribution in [0, 0.1) is 11.3 Å². The third-order valence-corrected chi connectivity index (χ3v) is 6.53. The minimum atomic E-state index is -0.751. The van der Waals surface area contributed by atoms with Gasteiger partial charge in [-0.05, 0) is 23.6 Å². The van der Waals surface area contributed by atoms with Crippen LogP contribution in [-0.2, 0) is 4.79 Å². The Balaban J connectivity index is 1.60. The fraction of sp³-hybridized carbons (Fsp3) is 0.400. The summed E-state index contributed by atoms with van der Waals surface area (Å²) in [6, 6.07) is 7.03. The molecule has 0 N–H and O–H groups in total. The van der Waals surface area contributed by atoms with Crippen LogP contribution in [0.5, 0.6) is 0 Å². The number of rotatable bonds is 3. The highest BCUT2D eigenvalue weighted by Gasteiger charge is 2.59. The molecule has 2 saturated heterocycles. The highest BCUT2D eigenvalue weighted by Crippen LogP contribution is 2.44. The van der Waals surface area contributed by atoms with E-state index in [1.54, 1.807) is 59.4 Å².